The van der Waals surface area contributed by atoms with Gasteiger partial charge in [-0.1, -0.05) is 26.7 Å². The molecule has 1 fully saturated rings. The second-order valence-electron chi connectivity index (χ2n) is 6.53. The van der Waals surface area contributed by atoms with Gasteiger partial charge in [-0.2, -0.15) is 0 Å². The third-order valence-corrected chi connectivity index (χ3v) is 4.18. The van der Waals surface area contributed by atoms with Gasteiger partial charge in [0.15, 0.2) is 0 Å². The number of carbonyl (C=O) groups excluding carboxylic acids is 1. The van der Waals surface area contributed by atoms with Crippen LogP contribution in [0.2, 0.25) is 0 Å². The van der Waals surface area contributed by atoms with Gasteiger partial charge in [-0.25, -0.2) is 0 Å². The van der Waals surface area contributed by atoms with E-state index in [4.69, 9.17) is 5.73 Å². The van der Waals surface area contributed by atoms with Gasteiger partial charge in [-0.3, -0.25) is 9.69 Å². The summed E-state index contributed by atoms with van der Waals surface area (Å²) in [6, 6.07) is 0.708. The Balaban J connectivity index is 2.38. The molecule has 20 heavy (non-hydrogen) atoms. The molecule has 1 rings (SSSR count). The Morgan fingerprint density at radius 2 is 1.90 bits per heavy atom. The molecule has 0 radical (unpaired) electrons. The maximum atomic E-state index is 12.1. The van der Waals surface area contributed by atoms with Crippen LogP contribution in [0.3, 0.4) is 0 Å². The Labute approximate surface area is 124 Å². The summed E-state index contributed by atoms with van der Waals surface area (Å²) in [4.78, 5) is 16.5. The topological polar surface area (TPSA) is 49.6 Å². The van der Waals surface area contributed by atoms with Crippen LogP contribution in [0.1, 0.15) is 52.4 Å². The quantitative estimate of drug-likeness (QED) is 0.705. The maximum absolute atomic E-state index is 12.1. The molecule has 0 aliphatic heterocycles. The summed E-state index contributed by atoms with van der Waals surface area (Å²) in [6.07, 6.45) is 6.85. The van der Waals surface area contributed by atoms with Crippen LogP contribution in [0.5, 0.6) is 0 Å². The van der Waals surface area contributed by atoms with E-state index in [0.717, 1.165) is 26.1 Å². The fraction of sp³-hybridized carbons (Fsp3) is 0.938. The smallest absolute Gasteiger partial charge is 0.223 e. The molecule has 1 saturated carbocycles. The van der Waals surface area contributed by atoms with E-state index in [-0.39, 0.29) is 5.91 Å². The molecule has 2 N–H and O–H groups in total. The van der Waals surface area contributed by atoms with Crippen LogP contribution in [0, 0.1) is 5.92 Å². The molecule has 0 bridgehead atoms. The Hall–Kier alpha value is -0.610. The average Bonchev–Trinajstić information content (AvgIpc) is 2.93. The first-order valence-electron chi connectivity index (χ1n) is 8.22. The Bertz CT molecular complexity index is 275. The summed E-state index contributed by atoms with van der Waals surface area (Å²) in [5.41, 5.74) is 5.49. The summed E-state index contributed by atoms with van der Waals surface area (Å²) in [5, 5.41) is 0. The molecule has 118 valence electrons. The number of nitrogens with two attached hydrogens (primary N) is 1. The van der Waals surface area contributed by atoms with E-state index in [9.17, 15) is 4.79 Å². The molecule has 1 amide bonds. The van der Waals surface area contributed by atoms with Gasteiger partial charge in [0, 0.05) is 39.1 Å². The van der Waals surface area contributed by atoms with E-state index in [2.05, 4.69) is 18.7 Å². The molecular formula is C16H33N3O. The summed E-state index contributed by atoms with van der Waals surface area (Å²) in [5.74, 6) is 0.922. The maximum Gasteiger partial charge on any atom is 0.223 e. The Kier molecular flexibility index (Phi) is 8.15. The highest BCUT2D eigenvalue weighted by molar-refractivity contribution is 5.76. The lowest BCUT2D eigenvalue weighted by Gasteiger charge is -2.30. The Morgan fingerprint density at radius 3 is 2.45 bits per heavy atom. The highest BCUT2D eigenvalue weighted by Crippen LogP contribution is 2.24. The van der Waals surface area contributed by atoms with Crippen LogP contribution in [0.25, 0.3) is 0 Å². The second kappa shape index (κ2) is 9.35. The van der Waals surface area contributed by atoms with Crippen LogP contribution in [0.15, 0.2) is 0 Å². The molecule has 4 heteroatoms. The summed E-state index contributed by atoms with van der Waals surface area (Å²) in [6.45, 7) is 7.98. The average molecular weight is 283 g/mol. The third kappa shape index (κ3) is 6.23. The van der Waals surface area contributed by atoms with Crippen molar-refractivity contribution in [3.05, 3.63) is 0 Å². The molecule has 4 nitrogen and oxygen atoms in total. The van der Waals surface area contributed by atoms with Gasteiger partial charge >= 0.3 is 0 Å². The van der Waals surface area contributed by atoms with Crippen molar-refractivity contribution < 1.29 is 4.79 Å². The number of rotatable bonds is 9. The first-order chi connectivity index (χ1) is 9.54. The molecule has 0 spiro atoms. The highest BCUT2D eigenvalue weighted by Gasteiger charge is 2.23. The van der Waals surface area contributed by atoms with E-state index >= 15 is 0 Å². The number of amides is 1. The lowest BCUT2D eigenvalue weighted by molar-refractivity contribution is -0.130. The van der Waals surface area contributed by atoms with Gasteiger partial charge in [0.05, 0.1) is 0 Å². The van der Waals surface area contributed by atoms with Crippen molar-refractivity contribution in [1.29, 1.82) is 0 Å². The normalized spacial score (nSPS) is 16.3. The minimum absolute atomic E-state index is 0.255. The molecule has 0 heterocycles. The predicted octanol–water partition coefficient (Wildman–Crippen LogP) is 2.08. The number of nitrogens with zero attached hydrogens (tertiary/aromatic N) is 2. The Morgan fingerprint density at radius 1 is 1.25 bits per heavy atom. The number of hydrogen-bond acceptors (Lipinski definition) is 3. The zero-order valence-corrected chi connectivity index (χ0v) is 13.6. The fourth-order valence-electron chi connectivity index (χ4n) is 3.04. The van der Waals surface area contributed by atoms with Gasteiger partial charge in [-0.15, -0.1) is 0 Å². The fourth-order valence-corrected chi connectivity index (χ4v) is 3.04. The lowest BCUT2D eigenvalue weighted by atomic mass is 10.1. The van der Waals surface area contributed by atoms with E-state index in [0.29, 0.717) is 24.9 Å². The molecule has 0 unspecified atom stereocenters. The van der Waals surface area contributed by atoms with E-state index in [1.165, 1.54) is 25.7 Å². The zero-order valence-electron chi connectivity index (χ0n) is 13.6. The van der Waals surface area contributed by atoms with Crippen LogP contribution in [-0.4, -0.2) is 55.0 Å². The van der Waals surface area contributed by atoms with Crippen LogP contribution in [0.4, 0.5) is 0 Å². The summed E-state index contributed by atoms with van der Waals surface area (Å²) >= 11 is 0. The minimum Gasteiger partial charge on any atom is -0.346 e. The first-order valence-corrected chi connectivity index (χ1v) is 8.22. The van der Waals surface area contributed by atoms with Crippen molar-refractivity contribution in [2.24, 2.45) is 11.7 Å². The van der Waals surface area contributed by atoms with Crippen molar-refractivity contribution in [1.82, 2.24) is 9.80 Å². The number of carbonyl (C=O) groups is 1. The van der Waals surface area contributed by atoms with Gasteiger partial charge < -0.3 is 10.6 Å². The monoisotopic (exact) mass is 283 g/mol. The van der Waals surface area contributed by atoms with Crippen molar-refractivity contribution >= 4 is 5.91 Å². The van der Waals surface area contributed by atoms with Crippen LogP contribution >= 0.6 is 0 Å². The standard InChI is InChI=1S/C16H33N3O/c1-14(2)13-19(15-7-4-5-8-15)12-9-16(20)18(3)11-6-10-17/h14-15H,4-13,17H2,1-3H3. The van der Waals surface area contributed by atoms with Crippen LogP contribution < -0.4 is 5.73 Å². The molecule has 1 aliphatic carbocycles. The summed E-state index contributed by atoms with van der Waals surface area (Å²) < 4.78 is 0. The van der Waals surface area contributed by atoms with Gasteiger partial charge in [0.2, 0.25) is 5.91 Å². The molecule has 0 aromatic rings. The molecule has 0 atom stereocenters. The van der Waals surface area contributed by atoms with Crippen molar-refractivity contribution in [2.75, 3.05) is 33.2 Å². The first kappa shape index (κ1) is 17.4. The predicted molar refractivity (Wildman–Crippen MR) is 84.6 cm³/mol. The lowest BCUT2D eigenvalue weighted by Crippen LogP contribution is -2.39. The molecular weight excluding hydrogens is 250 g/mol. The molecule has 0 aromatic carbocycles. The third-order valence-electron chi connectivity index (χ3n) is 4.18. The summed E-state index contributed by atoms with van der Waals surface area (Å²) in [7, 11) is 1.89. The van der Waals surface area contributed by atoms with E-state index < -0.39 is 0 Å². The second-order valence-corrected chi connectivity index (χ2v) is 6.53. The van der Waals surface area contributed by atoms with E-state index in [1.807, 2.05) is 11.9 Å². The highest BCUT2D eigenvalue weighted by atomic mass is 16.2. The van der Waals surface area contributed by atoms with Crippen molar-refractivity contribution in [2.45, 2.75) is 58.4 Å². The van der Waals surface area contributed by atoms with Gasteiger partial charge in [0.1, 0.15) is 0 Å². The molecule has 0 saturated heterocycles. The molecule has 0 aromatic heterocycles. The van der Waals surface area contributed by atoms with Gasteiger partial charge in [-0.05, 0) is 31.7 Å². The van der Waals surface area contributed by atoms with E-state index in [1.54, 1.807) is 0 Å². The van der Waals surface area contributed by atoms with Crippen molar-refractivity contribution in [3.8, 4) is 0 Å². The largest absolute Gasteiger partial charge is 0.346 e. The van der Waals surface area contributed by atoms with Crippen LogP contribution in [-0.2, 0) is 4.79 Å². The zero-order chi connectivity index (χ0) is 15.0. The van der Waals surface area contributed by atoms with Gasteiger partial charge in [0.25, 0.3) is 0 Å². The number of hydrogen-bond donors (Lipinski definition) is 1. The van der Waals surface area contributed by atoms with Crippen molar-refractivity contribution in [3.63, 3.8) is 0 Å². The SMILES string of the molecule is CC(C)CN(CCC(=O)N(C)CCCN)C1CCCC1. The molecule has 1 aliphatic rings. The minimum atomic E-state index is 0.255.